The van der Waals surface area contributed by atoms with Gasteiger partial charge in [-0.1, -0.05) is 121 Å². The standard InChI is InChI=1S/C35H35N3O4/c1-25-18-20-26(21-19-25)22-30(29-16-10-5-11-17-29)36(2)33(39)31-32(34(40)41)38(24-28-14-8-4-9-15-28)35(42)37(31)23-27-12-6-3-7-13-27/h3-21,30-32H,22-24H2,1-2H3,(H,40,41). The van der Waals surface area contributed by atoms with Crippen LogP contribution in [0.3, 0.4) is 0 Å². The Morgan fingerprint density at radius 3 is 1.69 bits per heavy atom. The maximum absolute atomic E-state index is 14.5. The van der Waals surface area contributed by atoms with Crippen molar-refractivity contribution in [2.24, 2.45) is 0 Å². The minimum Gasteiger partial charge on any atom is -0.480 e. The van der Waals surface area contributed by atoms with Crippen molar-refractivity contribution in [1.82, 2.24) is 14.7 Å². The first-order valence-electron chi connectivity index (χ1n) is 14.1. The molecule has 1 aliphatic heterocycles. The number of hydrogen-bond donors (Lipinski definition) is 1. The fourth-order valence-electron chi connectivity index (χ4n) is 5.64. The molecule has 7 heteroatoms. The Kier molecular flexibility index (Phi) is 8.67. The first-order valence-corrected chi connectivity index (χ1v) is 14.1. The smallest absolute Gasteiger partial charge is 0.329 e. The number of nitrogens with zero attached hydrogens (tertiary/aromatic N) is 3. The zero-order valence-electron chi connectivity index (χ0n) is 23.8. The zero-order valence-corrected chi connectivity index (χ0v) is 23.8. The first kappa shape index (κ1) is 28.6. The second-order valence-corrected chi connectivity index (χ2v) is 10.8. The lowest BCUT2D eigenvalue weighted by Gasteiger charge is -2.34. The van der Waals surface area contributed by atoms with E-state index in [9.17, 15) is 19.5 Å². The number of urea groups is 1. The van der Waals surface area contributed by atoms with Crippen LogP contribution >= 0.6 is 0 Å². The lowest BCUT2D eigenvalue weighted by Crippen LogP contribution is -2.53. The van der Waals surface area contributed by atoms with E-state index < -0.39 is 30.0 Å². The van der Waals surface area contributed by atoms with E-state index in [0.717, 1.165) is 27.8 Å². The molecule has 1 N–H and O–H groups in total. The molecule has 0 bridgehead atoms. The Balaban J connectivity index is 1.53. The van der Waals surface area contributed by atoms with Crippen molar-refractivity contribution >= 4 is 17.9 Å². The van der Waals surface area contributed by atoms with E-state index in [4.69, 9.17) is 0 Å². The number of carbonyl (C=O) groups is 3. The van der Waals surface area contributed by atoms with E-state index in [1.54, 1.807) is 11.9 Å². The zero-order chi connectivity index (χ0) is 29.6. The SMILES string of the molecule is Cc1ccc(CC(c2ccccc2)N(C)C(=O)C2C(C(=O)O)N(Cc3ccccc3)C(=O)N2Cc2ccccc2)cc1. The number of benzene rings is 4. The summed E-state index contributed by atoms with van der Waals surface area (Å²) in [4.78, 5) is 45.7. The molecule has 42 heavy (non-hydrogen) atoms. The van der Waals surface area contributed by atoms with Gasteiger partial charge in [0, 0.05) is 20.1 Å². The lowest BCUT2D eigenvalue weighted by atomic mass is 9.95. The summed E-state index contributed by atoms with van der Waals surface area (Å²) >= 11 is 0. The predicted octanol–water partition coefficient (Wildman–Crippen LogP) is 5.70. The van der Waals surface area contributed by atoms with Crippen LogP contribution in [0.5, 0.6) is 0 Å². The van der Waals surface area contributed by atoms with Gasteiger partial charge in [0.05, 0.1) is 6.04 Å². The number of hydrogen-bond acceptors (Lipinski definition) is 3. The van der Waals surface area contributed by atoms with Gasteiger partial charge in [-0.3, -0.25) is 4.79 Å². The van der Waals surface area contributed by atoms with Crippen LogP contribution in [0.15, 0.2) is 115 Å². The third-order valence-corrected chi connectivity index (χ3v) is 7.91. The van der Waals surface area contributed by atoms with E-state index in [1.807, 2.05) is 122 Å². The van der Waals surface area contributed by atoms with Crippen LogP contribution in [0.25, 0.3) is 0 Å². The summed E-state index contributed by atoms with van der Waals surface area (Å²) in [5.41, 5.74) is 4.73. The van der Waals surface area contributed by atoms with Gasteiger partial charge < -0.3 is 19.8 Å². The van der Waals surface area contributed by atoms with Crippen LogP contribution < -0.4 is 0 Å². The predicted molar refractivity (Wildman–Crippen MR) is 161 cm³/mol. The molecule has 5 rings (SSSR count). The van der Waals surface area contributed by atoms with Crippen molar-refractivity contribution in [2.45, 2.75) is 44.6 Å². The third-order valence-electron chi connectivity index (χ3n) is 7.91. The van der Waals surface area contributed by atoms with E-state index in [1.165, 1.54) is 9.80 Å². The lowest BCUT2D eigenvalue weighted by molar-refractivity contribution is -0.148. The second-order valence-electron chi connectivity index (χ2n) is 10.8. The molecule has 0 saturated carbocycles. The van der Waals surface area contributed by atoms with Gasteiger partial charge in [-0.25, -0.2) is 9.59 Å². The number of likely N-dealkylation sites (N-methyl/N-ethyl adjacent to an activating group) is 1. The highest BCUT2D eigenvalue weighted by molar-refractivity contribution is 5.98. The Bertz CT molecular complexity index is 1510. The number of amides is 3. The summed E-state index contributed by atoms with van der Waals surface area (Å²) in [5.74, 6) is -1.63. The van der Waals surface area contributed by atoms with Gasteiger partial charge in [0.15, 0.2) is 6.04 Å². The third kappa shape index (κ3) is 6.20. The van der Waals surface area contributed by atoms with Crippen LogP contribution in [0.4, 0.5) is 4.79 Å². The molecule has 0 aliphatic carbocycles. The Hall–Kier alpha value is -4.91. The Morgan fingerprint density at radius 2 is 1.19 bits per heavy atom. The quantitative estimate of drug-likeness (QED) is 0.270. The molecule has 214 valence electrons. The summed E-state index contributed by atoms with van der Waals surface area (Å²) in [6.07, 6.45) is 0.539. The molecule has 4 aromatic carbocycles. The minimum absolute atomic E-state index is 0.0842. The van der Waals surface area contributed by atoms with Gasteiger partial charge in [0.2, 0.25) is 5.91 Å². The summed E-state index contributed by atoms with van der Waals surface area (Å²) in [6.45, 7) is 2.23. The summed E-state index contributed by atoms with van der Waals surface area (Å²) < 4.78 is 0. The van der Waals surface area contributed by atoms with Crippen LogP contribution in [0, 0.1) is 6.92 Å². The molecule has 1 heterocycles. The molecule has 0 aromatic heterocycles. The van der Waals surface area contributed by atoms with E-state index in [-0.39, 0.29) is 19.1 Å². The van der Waals surface area contributed by atoms with E-state index in [2.05, 4.69) is 0 Å². The van der Waals surface area contributed by atoms with Crippen molar-refractivity contribution in [1.29, 1.82) is 0 Å². The molecule has 1 fully saturated rings. The minimum atomic E-state index is -1.35. The monoisotopic (exact) mass is 561 g/mol. The normalized spacial score (nSPS) is 17.2. The Morgan fingerprint density at radius 1 is 0.714 bits per heavy atom. The topological polar surface area (TPSA) is 81.2 Å². The molecule has 3 amide bonds. The fourth-order valence-corrected chi connectivity index (χ4v) is 5.64. The maximum Gasteiger partial charge on any atom is 0.329 e. The van der Waals surface area contributed by atoms with Crippen molar-refractivity contribution in [2.75, 3.05) is 7.05 Å². The largest absolute Gasteiger partial charge is 0.480 e. The average Bonchev–Trinajstić information content (AvgIpc) is 3.28. The molecule has 0 radical (unpaired) electrons. The van der Waals surface area contributed by atoms with Gasteiger partial charge in [0.1, 0.15) is 6.04 Å². The highest BCUT2D eigenvalue weighted by atomic mass is 16.4. The highest BCUT2D eigenvalue weighted by Gasteiger charge is 2.54. The number of aryl methyl sites for hydroxylation is 1. The molecule has 3 atom stereocenters. The molecule has 7 nitrogen and oxygen atoms in total. The number of aliphatic carboxylic acids is 1. The maximum atomic E-state index is 14.5. The summed E-state index contributed by atoms with van der Waals surface area (Å²) in [5, 5.41) is 10.5. The highest BCUT2D eigenvalue weighted by Crippen LogP contribution is 2.32. The molecule has 0 spiro atoms. The van der Waals surface area contributed by atoms with Crippen molar-refractivity contribution < 1.29 is 19.5 Å². The van der Waals surface area contributed by atoms with Gasteiger partial charge in [-0.05, 0) is 35.6 Å². The van der Waals surface area contributed by atoms with E-state index in [0.29, 0.717) is 6.42 Å². The van der Waals surface area contributed by atoms with Crippen LogP contribution in [0.1, 0.15) is 33.9 Å². The van der Waals surface area contributed by atoms with Crippen molar-refractivity contribution in [3.05, 3.63) is 143 Å². The van der Waals surface area contributed by atoms with Crippen LogP contribution in [0.2, 0.25) is 0 Å². The number of carboxylic acids is 1. The van der Waals surface area contributed by atoms with E-state index >= 15 is 0 Å². The molecule has 4 aromatic rings. The molecule has 1 aliphatic rings. The van der Waals surface area contributed by atoms with Gasteiger partial charge >= 0.3 is 12.0 Å². The fraction of sp³-hybridized carbons (Fsp3) is 0.229. The van der Waals surface area contributed by atoms with Crippen molar-refractivity contribution in [3.63, 3.8) is 0 Å². The molecule has 1 saturated heterocycles. The average molecular weight is 562 g/mol. The number of carbonyl (C=O) groups excluding carboxylic acids is 2. The second kappa shape index (κ2) is 12.7. The van der Waals surface area contributed by atoms with Gasteiger partial charge in [-0.15, -0.1) is 0 Å². The number of rotatable bonds is 10. The first-order chi connectivity index (χ1) is 20.3. The number of carboxylic acid groups (broad SMARTS) is 1. The summed E-state index contributed by atoms with van der Waals surface area (Å²) in [6, 6.07) is 33.1. The van der Waals surface area contributed by atoms with Crippen molar-refractivity contribution in [3.8, 4) is 0 Å². The molecule has 3 unspecified atom stereocenters. The molecular formula is C35H35N3O4. The van der Waals surface area contributed by atoms with Crippen LogP contribution in [-0.2, 0) is 29.1 Å². The summed E-state index contributed by atoms with van der Waals surface area (Å²) in [7, 11) is 1.71. The van der Waals surface area contributed by atoms with Crippen LogP contribution in [-0.4, -0.2) is 56.8 Å². The molecular weight excluding hydrogens is 526 g/mol. The van der Waals surface area contributed by atoms with Gasteiger partial charge in [-0.2, -0.15) is 0 Å². The Labute approximate surface area is 246 Å². The van der Waals surface area contributed by atoms with Gasteiger partial charge in [0.25, 0.3) is 0 Å².